The van der Waals surface area contributed by atoms with Gasteiger partial charge in [-0.1, -0.05) is 13.3 Å². The molecule has 1 saturated carbocycles. The summed E-state index contributed by atoms with van der Waals surface area (Å²) < 4.78 is 0. The van der Waals surface area contributed by atoms with Gasteiger partial charge in [0.1, 0.15) is 0 Å². The Bertz CT molecular complexity index is 246. The van der Waals surface area contributed by atoms with E-state index in [1.807, 2.05) is 0 Å². The molecule has 0 amide bonds. The Morgan fingerprint density at radius 1 is 1.11 bits per heavy atom. The minimum absolute atomic E-state index is 0.697. The summed E-state index contributed by atoms with van der Waals surface area (Å²) in [6.07, 6.45) is 4.08. The Morgan fingerprint density at radius 2 is 1.78 bits per heavy atom. The molecule has 0 spiro atoms. The number of piperazine rings is 1. The molecule has 0 aromatic carbocycles. The Balaban J connectivity index is 1.90. The summed E-state index contributed by atoms with van der Waals surface area (Å²) in [6.45, 7) is 12.9. The Labute approximate surface area is 113 Å². The lowest BCUT2D eigenvalue weighted by molar-refractivity contribution is 0.0306. The molecule has 1 saturated heterocycles. The van der Waals surface area contributed by atoms with Gasteiger partial charge in [-0.05, 0) is 45.1 Å². The molecule has 0 radical (unpaired) electrons. The number of rotatable bonds is 3. The third kappa shape index (κ3) is 3.25. The average molecular weight is 253 g/mol. The highest BCUT2D eigenvalue weighted by atomic mass is 15.3. The van der Waals surface area contributed by atoms with E-state index in [2.05, 4.69) is 30.6 Å². The lowest BCUT2D eigenvalue weighted by atomic mass is 9.78. The van der Waals surface area contributed by atoms with Crippen LogP contribution in [0.1, 0.15) is 40.0 Å². The predicted molar refractivity (Wildman–Crippen MR) is 77.6 cm³/mol. The molecule has 3 nitrogen and oxygen atoms in total. The lowest BCUT2D eigenvalue weighted by Crippen LogP contribution is -2.55. The molecular formula is C15H31N3. The van der Waals surface area contributed by atoms with Gasteiger partial charge in [0.25, 0.3) is 0 Å². The molecule has 0 bridgehead atoms. The van der Waals surface area contributed by atoms with Crippen LogP contribution in [0.5, 0.6) is 0 Å². The normalized spacial score (nSPS) is 36.2. The zero-order chi connectivity index (χ0) is 13.1. The van der Waals surface area contributed by atoms with E-state index in [1.165, 1.54) is 45.4 Å². The smallest absolute Gasteiger partial charge is 0.0139 e. The van der Waals surface area contributed by atoms with Crippen molar-refractivity contribution >= 4 is 0 Å². The lowest BCUT2D eigenvalue weighted by Gasteiger charge is -2.46. The quantitative estimate of drug-likeness (QED) is 0.832. The predicted octanol–water partition coefficient (Wildman–Crippen LogP) is 1.78. The number of nitrogens with zero attached hydrogens (tertiary/aromatic N) is 2. The molecule has 106 valence electrons. The topological polar surface area (TPSA) is 32.5 Å². The van der Waals surface area contributed by atoms with E-state index < -0.39 is 0 Å². The fourth-order valence-corrected chi connectivity index (χ4v) is 3.72. The van der Waals surface area contributed by atoms with Gasteiger partial charge in [-0.15, -0.1) is 0 Å². The molecule has 2 rings (SSSR count). The van der Waals surface area contributed by atoms with Crippen molar-refractivity contribution in [3.63, 3.8) is 0 Å². The maximum atomic E-state index is 5.98. The second kappa shape index (κ2) is 6.36. The summed E-state index contributed by atoms with van der Waals surface area (Å²) in [6, 6.07) is 1.45. The maximum absolute atomic E-state index is 5.98. The second-order valence-electron chi connectivity index (χ2n) is 6.65. The summed E-state index contributed by atoms with van der Waals surface area (Å²) in [5.41, 5.74) is 5.98. The van der Waals surface area contributed by atoms with Gasteiger partial charge in [-0.3, -0.25) is 9.80 Å². The van der Waals surface area contributed by atoms with Gasteiger partial charge < -0.3 is 5.73 Å². The highest BCUT2D eigenvalue weighted by molar-refractivity contribution is 4.89. The highest BCUT2D eigenvalue weighted by Gasteiger charge is 2.33. The first-order valence-corrected chi connectivity index (χ1v) is 7.80. The molecule has 2 fully saturated rings. The van der Waals surface area contributed by atoms with Crippen LogP contribution in [0, 0.1) is 11.8 Å². The van der Waals surface area contributed by atoms with Crippen molar-refractivity contribution in [3.8, 4) is 0 Å². The van der Waals surface area contributed by atoms with Crippen LogP contribution >= 0.6 is 0 Å². The first kappa shape index (κ1) is 14.3. The van der Waals surface area contributed by atoms with Gasteiger partial charge in [-0.2, -0.15) is 0 Å². The minimum Gasteiger partial charge on any atom is -0.330 e. The number of hydrogen-bond acceptors (Lipinski definition) is 3. The SMILES string of the molecule is CC1CCC(CN)C(N2CCN(C(C)C)CC2)C1. The zero-order valence-corrected chi connectivity index (χ0v) is 12.4. The minimum atomic E-state index is 0.697. The molecular weight excluding hydrogens is 222 g/mol. The standard InChI is InChI=1S/C15H31N3/c1-12(2)17-6-8-18(9-7-17)15-10-13(3)4-5-14(15)11-16/h12-15H,4-11,16H2,1-3H3. The van der Waals surface area contributed by atoms with E-state index in [0.29, 0.717) is 6.04 Å². The van der Waals surface area contributed by atoms with Crippen molar-refractivity contribution in [1.29, 1.82) is 0 Å². The highest BCUT2D eigenvalue weighted by Crippen LogP contribution is 2.32. The van der Waals surface area contributed by atoms with Crippen LogP contribution in [0.15, 0.2) is 0 Å². The van der Waals surface area contributed by atoms with E-state index in [4.69, 9.17) is 5.73 Å². The molecule has 0 aromatic rings. The van der Waals surface area contributed by atoms with Crippen molar-refractivity contribution in [2.75, 3.05) is 32.7 Å². The van der Waals surface area contributed by atoms with Crippen molar-refractivity contribution in [2.24, 2.45) is 17.6 Å². The van der Waals surface area contributed by atoms with E-state index in [1.54, 1.807) is 0 Å². The molecule has 1 heterocycles. The fourth-order valence-electron chi connectivity index (χ4n) is 3.72. The molecule has 2 aliphatic rings. The van der Waals surface area contributed by atoms with Crippen molar-refractivity contribution in [1.82, 2.24) is 9.80 Å². The van der Waals surface area contributed by atoms with Crippen LogP contribution in [0.2, 0.25) is 0 Å². The Hall–Kier alpha value is -0.120. The van der Waals surface area contributed by atoms with E-state index >= 15 is 0 Å². The van der Waals surface area contributed by atoms with Gasteiger partial charge in [0, 0.05) is 38.3 Å². The third-order valence-electron chi connectivity index (χ3n) is 5.07. The largest absolute Gasteiger partial charge is 0.330 e. The van der Waals surface area contributed by atoms with Crippen LogP contribution in [0.4, 0.5) is 0 Å². The van der Waals surface area contributed by atoms with Gasteiger partial charge in [0.05, 0.1) is 0 Å². The Kier molecular flexibility index (Phi) is 5.05. The van der Waals surface area contributed by atoms with E-state index in [-0.39, 0.29) is 0 Å². The summed E-state index contributed by atoms with van der Waals surface area (Å²) in [7, 11) is 0. The molecule has 3 heteroatoms. The maximum Gasteiger partial charge on any atom is 0.0139 e. The fraction of sp³-hybridized carbons (Fsp3) is 1.00. The van der Waals surface area contributed by atoms with Gasteiger partial charge >= 0.3 is 0 Å². The van der Waals surface area contributed by atoms with Crippen LogP contribution < -0.4 is 5.73 Å². The van der Waals surface area contributed by atoms with Crippen LogP contribution in [-0.4, -0.2) is 54.6 Å². The summed E-state index contributed by atoms with van der Waals surface area (Å²) in [5, 5.41) is 0. The molecule has 18 heavy (non-hydrogen) atoms. The van der Waals surface area contributed by atoms with Gasteiger partial charge in [0.15, 0.2) is 0 Å². The average Bonchev–Trinajstić information content (AvgIpc) is 2.39. The van der Waals surface area contributed by atoms with Crippen molar-refractivity contribution in [2.45, 2.75) is 52.1 Å². The van der Waals surface area contributed by atoms with Crippen molar-refractivity contribution in [3.05, 3.63) is 0 Å². The van der Waals surface area contributed by atoms with Crippen LogP contribution in [-0.2, 0) is 0 Å². The second-order valence-corrected chi connectivity index (χ2v) is 6.65. The summed E-state index contributed by atoms with van der Waals surface area (Å²) in [4.78, 5) is 5.33. The number of hydrogen-bond donors (Lipinski definition) is 1. The number of nitrogens with two attached hydrogens (primary N) is 1. The summed E-state index contributed by atoms with van der Waals surface area (Å²) >= 11 is 0. The molecule has 3 unspecified atom stereocenters. The third-order valence-corrected chi connectivity index (χ3v) is 5.07. The van der Waals surface area contributed by atoms with E-state index in [0.717, 1.165) is 24.4 Å². The summed E-state index contributed by atoms with van der Waals surface area (Å²) in [5.74, 6) is 1.63. The molecule has 0 aromatic heterocycles. The van der Waals surface area contributed by atoms with Gasteiger partial charge in [-0.25, -0.2) is 0 Å². The van der Waals surface area contributed by atoms with E-state index in [9.17, 15) is 0 Å². The monoisotopic (exact) mass is 253 g/mol. The van der Waals surface area contributed by atoms with Crippen LogP contribution in [0.25, 0.3) is 0 Å². The molecule has 2 N–H and O–H groups in total. The first-order valence-electron chi connectivity index (χ1n) is 7.80. The van der Waals surface area contributed by atoms with Crippen LogP contribution in [0.3, 0.4) is 0 Å². The molecule has 1 aliphatic heterocycles. The molecule has 1 aliphatic carbocycles. The molecule has 3 atom stereocenters. The van der Waals surface area contributed by atoms with Crippen molar-refractivity contribution < 1.29 is 0 Å². The Morgan fingerprint density at radius 3 is 2.33 bits per heavy atom. The van der Waals surface area contributed by atoms with Gasteiger partial charge in [0.2, 0.25) is 0 Å². The first-order chi connectivity index (χ1) is 8.61. The zero-order valence-electron chi connectivity index (χ0n) is 12.4.